The Balaban J connectivity index is 1.63. The summed E-state index contributed by atoms with van der Waals surface area (Å²) in [6.45, 7) is 26.8. The number of hydrogen-bond acceptors (Lipinski definition) is 3. The fraction of sp³-hybridized carbons (Fsp3) is 0.541. The van der Waals surface area contributed by atoms with Gasteiger partial charge in [-0.2, -0.15) is 0 Å². The summed E-state index contributed by atoms with van der Waals surface area (Å²) in [6, 6.07) is 10.3. The lowest BCUT2D eigenvalue weighted by molar-refractivity contribution is 0.195. The second-order valence-electron chi connectivity index (χ2n) is 16.9. The molecule has 0 radical (unpaired) electrons. The molecule has 1 aliphatic carbocycles. The smallest absolute Gasteiger partial charge is 0.249 e. The number of nitrogens with zero attached hydrogens (tertiary/aromatic N) is 2. The molecule has 41 heavy (non-hydrogen) atoms. The third-order valence-electron chi connectivity index (χ3n) is 11.2. The van der Waals surface area contributed by atoms with Crippen LogP contribution in [-0.2, 0) is 21.7 Å². The number of anilines is 2. The second-order valence-corrected chi connectivity index (χ2v) is 18.0. The zero-order valence-corrected chi connectivity index (χ0v) is 28.0. The molecule has 4 heterocycles. The lowest BCUT2D eigenvalue weighted by Crippen LogP contribution is -2.64. The molecule has 0 bridgehead atoms. The molecule has 2 atom stereocenters. The largest absolute Gasteiger partial charge is 0.334 e. The molecular weight excluding hydrogens is 515 g/mol. The first kappa shape index (κ1) is 27.6. The van der Waals surface area contributed by atoms with Gasteiger partial charge in [-0.15, -0.1) is 0 Å². The number of hydrogen-bond donors (Lipinski definition) is 0. The van der Waals surface area contributed by atoms with E-state index in [0.717, 1.165) is 0 Å². The van der Waals surface area contributed by atoms with Crippen LogP contribution in [0.15, 0.2) is 46.5 Å². The van der Waals surface area contributed by atoms with Crippen molar-refractivity contribution in [1.29, 1.82) is 0 Å². The second kappa shape index (κ2) is 8.25. The van der Waals surface area contributed by atoms with Gasteiger partial charge in [-0.25, -0.2) is 0 Å². The maximum absolute atomic E-state index is 4.94. The van der Waals surface area contributed by atoms with E-state index in [0.29, 0.717) is 0 Å². The van der Waals surface area contributed by atoms with Crippen molar-refractivity contribution in [3.05, 3.63) is 58.9 Å². The number of pyridine rings is 1. The molecule has 214 valence electrons. The van der Waals surface area contributed by atoms with E-state index >= 15 is 0 Å². The van der Waals surface area contributed by atoms with Crippen molar-refractivity contribution in [2.24, 2.45) is 0 Å². The maximum Gasteiger partial charge on any atom is 0.249 e. The molecule has 1 aromatic heterocycles. The average molecular weight is 563 g/mol. The van der Waals surface area contributed by atoms with Gasteiger partial charge in [0.25, 0.3) is 0 Å². The van der Waals surface area contributed by atoms with Gasteiger partial charge < -0.3 is 4.90 Å². The minimum Gasteiger partial charge on any atom is -0.334 e. The lowest BCUT2D eigenvalue weighted by Gasteiger charge is -2.52. The molecular formula is C37H47BN2S. The van der Waals surface area contributed by atoms with Crippen LogP contribution in [0.1, 0.15) is 124 Å². The zero-order valence-electron chi connectivity index (χ0n) is 27.2. The normalized spacial score (nSPS) is 24.6. The van der Waals surface area contributed by atoms with Crippen molar-refractivity contribution >= 4 is 46.2 Å². The van der Waals surface area contributed by atoms with E-state index in [1.165, 1.54) is 79.9 Å². The van der Waals surface area contributed by atoms with Gasteiger partial charge in [0.15, 0.2) is 0 Å². The van der Waals surface area contributed by atoms with Crippen LogP contribution < -0.4 is 21.3 Å². The summed E-state index contributed by atoms with van der Waals surface area (Å²) in [7, 11) is 0. The first-order valence-electron chi connectivity index (χ1n) is 15.8. The third kappa shape index (κ3) is 3.61. The average Bonchev–Trinajstić information content (AvgIpc) is 3.08. The van der Waals surface area contributed by atoms with E-state index in [-0.39, 0.29) is 33.9 Å². The van der Waals surface area contributed by atoms with Crippen LogP contribution in [0.4, 0.5) is 11.4 Å². The van der Waals surface area contributed by atoms with Gasteiger partial charge in [-0.1, -0.05) is 124 Å². The number of benzene rings is 2. The summed E-state index contributed by atoms with van der Waals surface area (Å²) in [5.74, 6) is 0. The highest BCUT2D eigenvalue weighted by Crippen LogP contribution is 2.62. The molecule has 0 saturated heterocycles. The number of rotatable bonds is 0. The van der Waals surface area contributed by atoms with Crippen molar-refractivity contribution in [2.45, 2.75) is 139 Å². The quantitative estimate of drug-likeness (QED) is 0.202. The predicted octanol–water partition coefficient (Wildman–Crippen LogP) is 8.01. The summed E-state index contributed by atoms with van der Waals surface area (Å²) in [6.07, 6.45) is 9.44. The zero-order chi connectivity index (χ0) is 29.5. The van der Waals surface area contributed by atoms with Crippen LogP contribution >= 0.6 is 11.8 Å². The van der Waals surface area contributed by atoms with Gasteiger partial charge >= 0.3 is 0 Å². The predicted molar refractivity (Wildman–Crippen MR) is 178 cm³/mol. The number of fused-ring (bicyclic) bond motifs is 7. The van der Waals surface area contributed by atoms with Crippen LogP contribution in [0.2, 0.25) is 0 Å². The Morgan fingerprint density at radius 1 is 0.780 bits per heavy atom. The standard InChI is InChI=1S/C37H47BN2S/c1-33(2,3)22-16-24-31-26(18-22)38-27-19-23(34(4,5)6)17-25(35(7,8)9)32(27)41-29-21-39-20-28(30(29)38)40(31)37(11)15-13-12-14-36(24,37)10/h16-21H,12-15H2,1-11H3. The summed E-state index contributed by atoms with van der Waals surface area (Å²) in [5, 5.41) is 0. The molecule has 0 N–H and O–H groups in total. The molecule has 4 aliphatic rings. The Morgan fingerprint density at radius 3 is 2.07 bits per heavy atom. The van der Waals surface area contributed by atoms with Crippen molar-refractivity contribution < 1.29 is 0 Å². The van der Waals surface area contributed by atoms with Crippen LogP contribution in [0, 0.1) is 0 Å². The fourth-order valence-corrected chi connectivity index (χ4v) is 9.87. The molecule has 2 aromatic carbocycles. The van der Waals surface area contributed by atoms with Crippen molar-refractivity contribution in [3.63, 3.8) is 0 Å². The minimum atomic E-state index is 0.0483. The van der Waals surface area contributed by atoms with Gasteiger partial charge in [0.05, 0.1) is 17.4 Å². The van der Waals surface area contributed by atoms with Crippen LogP contribution in [0.25, 0.3) is 0 Å². The molecule has 0 amide bonds. The molecule has 2 nitrogen and oxygen atoms in total. The minimum absolute atomic E-state index is 0.0483. The Bertz CT molecular complexity index is 1620. The first-order valence-corrected chi connectivity index (χ1v) is 16.6. The van der Waals surface area contributed by atoms with Crippen molar-refractivity contribution in [2.75, 3.05) is 4.90 Å². The van der Waals surface area contributed by atoms with Gasteiger partial charge in [-0.3, -0.25) is 4.98 Å². The van der Waals surface area contributed by atoms with Crippen LogP contribution in [0.3, 0.4) is 0 Å². The molecule has 2 unspecified atom stereocenters. The maximum atomic E-state index is 4.94. The molecule has 3 aromatic rings. The summed E-state index contributed by atoms with van der Waals surface area (Å²) in [4.78, 5) is 10.5. The van der Waals surface area contributed by atoms with E-state index in [4.69, 9.17) is 4.98 Å². The Hall–Kier alpha value is -2.20. The molecule has 4 heteroatoms. The van der Waals surface area contributed by atoms with Crippen molar-refractivity contribution in [1.82, 2.24) is 4.98 Å². The van der Waals surface area contributed by atoms with Gasteiger partial charge in [0.1, 0.15) is 0 Å². The Morgan fingerprint density at radius 2 is 1.41 bits per heavy atom. The van der Waals surface area contributed by atoms with Crippen LogP contribution in [0.5, 0.6) is 0 Å². The van der Waals surface area contributed by atoms with E-state index < -0.39 is 0 Å². The molecule has 1 saturated carbocycles. The summed E-state index contributed by atoms with van der Waals surface area (Å²) in [5.41, 5.74) is 13.7. The lowest BCUT2D eigenvalue weighted by atomic mass is 9.34. The summed E-state index contributed by atoms with van der Waals surface area (Å²) < 4.78 is 0. The SMILES string of the molecule is CC(C)(C)c1cc2c(c(C(C)(C)C)c1)Sc1cncc3c1B2c1cc(C(C)(C)C)cc2c1N3C1(C)CCCCC21C. The van der Waals surface area contributed by atoms with E-state index in [1.807, 2.05) is 11.8 Å². The van der Waals surface area contributed by atoms with E-state index in [9.17, 15) is 0 Å². The first-order chi connectivity index (χ1) is 19.0. The van der Waals surface area contributed by atoms with E-state index in [2.05, 4.69) is 118 Å². The molecule has 0 spiro atoms. The highest BCUT2D eigenvalue weighted by molar-refractivity contribution is 8.00. The molecule has 1 fully saturated rings. The Labute approximate surface area is 253 Å². The Kier molecular flexibility index (Phi) is 5.56. The molecule has 7 rings (SSSR count). The third-order valence-corrected chi connectivity index (χ3v) is 12.4. The topological polar surface area (TPSA) is 16.1 Å². The number of aromatic nitrogens is 1. The molecule has 3 aliphatic heterocycles. The fourth-order valence-electron chi connectivity index (χ4n) is 8.44. The van der Waals surface area contributed by atoms with Gasteiger partial charge in [0.2, 0.25) is 6.71 Å². The van der Waals surface area contributed by atoms with Gasteiger partial charge in [-0.05, 0) is 69.2 Å². The van der Waals surface area contributed by atoms with Crippen molar-refractivity contribution in [3.8, 4) is 0 Å². The highest BCUT2D eigenvalue weighted by atomic mass is 32.2. The van der Waals surface area contributed by atoms with E-state index in [1.54, 1.807) is 5.56 Å². The van der Waals surface area contributed by atoms with Crippen LogP contribution in [-0.4, -0.2) is 17.2 Å². The monoisotopic (exact) mass is 562 g/mol. The summed E-state index contributed by atoms with van der Waals surface area (Å²) >= 11 is 1.97. The highest BCUT2D eigenvalue weighted by Gasteiger charge is 2.61. The van der Waals surface area contributed by atoms with Gasteiger partial charge in [0, 0.05) is 27.1 Å².